The largest absolute Gasteiger partial charge is 0.325 e. The van der Waals surface area contributed by atoms with Crippen LogP contribution in [0, 0.1) is 5.82 Å². The molecule has 1 aliphatic rings. The van der Waals surface area contributed by atoms with Gasteiger partial charge in [-0.2, -0.15) is 0 Å². The fraction of sp³-hybridized carbons (Fsp3) is 0.190. The third kappa shape index (κ3) is 3.88. The number of nitrogens with zero attached hydrogens (tertiary/aromatic N) is 2. The predicted molar refractivity (Wildman–Crippen MR) is 109 cm³/mol. The lowest BCUT2D eigenvalue weighted by Gasteiger charge is -2.22. The summed E-state index contributed by atoms with van der Waals surface area (Å²) >= 11 is 7.39. The third-order valence-electron chi connectivity index (χ3n) is 4.88. The Morgan fingerprint density at radius 2 is 1.83 bits per heavy atom. The number of hydrogen-bond acceptors (Lipinski definition) is 4. The maximum atomic E-state index is 13.2. The number of imide groups is 1. The second-order valence-electron chi connectivity index (χ2n) is 6.99. The number of amides is 3. The molecule has 0 bridgehead atoms. The lowest BCUT2D eigenvalue weighted by Crippen LogP contribution is -2.40. The lowest BCUT2D eigenvalue weighted by atomic mass is 9.92. The third-order valence-corrected chi connectivity index (χ3v) is 6.03. The van der Waals surface area contributed by atoms with E-state index in [4.69, 9.17) is 11.6 Å². The molecular weight excluding hydrogens is 413 g/mol. The van der Waals surface area contributed by atoms with Crippen LogP contribution in [-0.2, 0) is 23.3 Å². The van der Waals surface area contributed by atoms with Crippen LogP contribution in [0.1, 0.15) is 28.8 Å². The Balaban J connectivity index is 1.49. The Morgan fingerprint density at radius 3 is 2.52 bits per heavy atom. The molecule has 1 atom stereocenters. The van der Waals surface area contributed by atoms with Gasteiger partial charge in [0.15, 0.2) is 0 Å². The highest BCUT2D eigenvalue weighted by molar-refractivity contribution is 7.09. The number of benzene rings is 2. The van der Waals surface area contributed by atoms with E-state index in [1.807, 2.05) is 29.6 Å². The molecule has 1 saturated heterocycles. The minimum absolute atomic E-state index is 0.0819. The van der Waals surface area contributed by atoms with Gasteiger partial charge < -0.3 is 5.32 Å². The van der Waals surface area contributed by atoms with E-state index < -0.39 is 17.4 Å². The molecule has 5 nitrogen and oxygen atoms in total. The highest BCUT2D eigenvalue weighted by atomic mass is 35.5. The van der Waals surface area contributed by atoms with Crippen molar-refractivity contribution in [3.05, 3.63) is 86.6 Å². The van der Waals surface area contributed by atoms with Crippen LogP contribution in [0.3, 0.4) is 0 Å². The summed E-state index contributed by atoms with van der Waals surface area (Å²) in [6.07, 6.45) is 0.648. The first-order valence-corrected chi connectivity index (χ1v) is 10.2. The van der Waals surface area contributed by atoms with E-state index in [1.54, 1.807) is 6.92 Å². The second-order valence-corrected chi connectivity index (χ2v) is 8.37. The molecule has 0 saturated carbocycles. The molecule has 1 aliphatic heterocycles. The molecule has 3 aromatic rings. The Hall–Kier alpha value is -2.77. The van der Waals surface area contributed by atoms with Crippen LogP contribution in [0.25, 0.3) is 0 Å². The van der Waals surface area contributed by atoms with Crippen molar-refractivity contribution in [1.82, 2.24) is 15.2 Å². The molecule has 4 rings (SSSR count). The van der Waals surface area contributed by atoms with E-state index >= 15 is 0 Å². The van der Waals surface area contributed by atoms with Gasteiger partial charge in [-0.25, -0.2) is 14.2 Å². The highest BCUT2D eigenvalue weighted by Gasteiger charge is 2.49. The SMILES string of the molecule is CC1(c2ccc(F)cc2)NC(=O)N(Cc2csc(Cc3ccc(Cl)cc3)n2)C1=O. The van der Waals surface area contributed by atoms with Crippen LogP contribution in [0.15, 0.2) is 53.9 Å². The maximum absolute atomic E-state index is 13.2. The fourth-order valence-corrected chi connectivity index (χ4v) is 4.21. The molecule has 148 valence electrons. The zero-order valence-corrected chi connectivity index (χ0v) is 17.1. The van der Waals surface area contributed by atoms with Crippen molar-refractivity contribution in [2.24, 2.45) is 0 Å². The summed E-state index contributed by atoms with van der Waals surface area (Å²) in [4.78, 5) is 31.1. The van der Waals surface area contributed by atoms with Gasteiger partial charge in [0.1, 0.15) is 11.4 Å². The molecule has 29 heavy (non-hydrogen) atoms. The summed E-state index contributed by atoms with van der Waals surface area (Å²) in [5.74, 6) is -0.789. The average molecular weight is 430 g/mol. The van der Waals surface area contributed by atoms with Crippen LogP contribution in [0.4, 0.5) is 9.18 Å². The molecule has 0 aliphatic carbocycles. The summed E-state index contributed by atoms with van der Waals surface area (Å²) in [5, 5.41) is 6.12. The van der Waals surface area contributed by atoms with Gasteiger partial charge in [0.05, 0.1) is 17.2 Å². The monoisotopic (exact) mass is 429 g/mol. The van der Waals surface area contributed by atoms with Crippen molar-refractivity contribution in [3.8, 4) is 0 Å². The molecule has 1 aromatic heterocycles. The van der Waals surface area contributed by atoms with E-state index in [9.17, 15) is 14.0 Å². The summed E-state index contributed by atoms with van der Waals surface area (Å²) in [6.45, 7) is 1.70. The first kappa shape index (κ1) is 19.5. The number of carbonyl (C=O) groups excluding carboxylic acids is 2. The van der Waals surface area contributed by atoms with Crippen molar-refractivity contribution in [3.63, 3.8) is 0 Å². The molecular formula is C21H17ClFN3O2S. The number of carbonyl (C=O) groups is 2. The van der Waals surface area contributed by atoms with Crippen molar-refractivity contribution >= 4 is 34.9 Å². The summed E-state index contributed by atoms with van der Waals surface area (Å²) in [5.41, 5.74) is 1.02. The van der Waals surface area contributed by atoms with E-state index in [0.717, 1.165) is 15.5 Å². The van der Waals surface area contributed by atoms with Gasteiger partial charge in [-0.15, -0.1) is 11.3 Å². The standard InChI is InChI=1S/C21H17ClFN3O2S/c1-21(14-4-8-16(23)9-5-14)19(27)26(20(28)25-21)11-17-12-29-18(24-17)10-13-2-6-15(22)7-3-13/h2-9,12H,10-11H2,1H3,(H,25,28). The molecule has 3 amide bonds. The van der Waals surface area contributed by atoms with E-state index in [0.29, 0.717) is 22.7 Å². The number of halogens is 2. The summed E-state index contributed by atoms with van der Waals surface area (Å²) in [7, 11) is 0. The molecule has 1 N–H and O–H groups in total. The first-order valence-electron chi connectivity index (χ1n) is 8.93. The number of hydrogen-bond donors (Lipinski definition) is 1. The van der Waals surface area contributed by atoms with E-state index in [-0.39, 0.29) is 12.5 Å². The van der Waals surface area contributed by atoms with Crippen molar-refractivity contribution in [2.75, 3.05) is 0 Å². The van der Waals surface area contributed by atoms with Gasteiger partial charge in [0.2, 0.25) is 0 Å². The zero-order valence-electron chi connectivity index (χ0n) is 15.5. The number of thiazole rings is 1. The van der Waals surface area contributed by atoms with Gasteiger partial charge in [-0.05, 0) is 42.3 Å². The molecule has 2 heterocycles. The van der Waals surface area contributed by atoms with Crippen molar-refractivity contribution in [2.45, 2.75) is 25.4 Å². The minimum atomic E-state index is -1.23. The zero-order chi connectivity index (χ0) is 20.6. The first-order chi connectivity index (χ1) is 13.8. The molecule has 1 fully saturated rings. The summed E-state index contributed by atoms with van der Waals surface area (Å²) in [6, 6.07) is 12.6. The number of urea groups is 1. The molecule has 8 heteroatoms. The maximum Gasteiger partial charge on any atom is 0.325 e. The van der Waals surface area contributed by atoms with Gasteiger partial charge >= 0.3 is 6.03 Å². The normalized spacial score (nSPS) is 18.9. The van der Waals surface area contributed by atoms with E-state index in [2.05, 4.69) is 10.3 Å². The number of aromatic nitrogens is 1. The van der Waals surface area contributed by atoms with Crippen LogP contribution in [-0.4, -0.2) is 21.8 Å². The molecule has 2 aromatic carbocycles. The number of nitrogens with one attached hydrogen (secondary N) is 1. The van der Waals surface area contributed by atoms with Crippen LogP contribution < -0.4 is 5.32 Å². The fourth-order valence-electron chi connectivity index (χ4n) is 3.26. The Kier molecular flexibility index (Phi) is 5.10. The highest BCUT2D eigenvalue weighted by Crippen LogP contribution is 2.30. The van der Waals surface area contributed by atoms with Gasteiger partial charge in [-0.3, -0.25) is 9.69 Å². The van der Waals surface area contributed by atoms with Crippen LogP contribution >= 0.6 is 22.9 Å². The van der Waals surface area contributed by atoms with Gasteiger partial charge in [-0.1, -0.05) is 35.9 Å². The molecule has 1 unspecified atom stereocenters. The predicted octanol–water partition coefficient (Wildman–Crippen LogP) is 4.49. The Labute approximate surface area is 176 Å². The second kappa shape index (κ2) is 7.57. The lowest BCUT2D eigenvalue weighted by molar-refractivity contribution is -0.131. The average Bonchev–Trinajstić information content (AvgIpc) is 3.22. The van der Waals surface area contributed by atoms with Crippen molar-refractivity contribution in [1.29, 1.82) is 0 Å². The molecule has 0 spiro atoms. The minimum Gasteiger partial charge on any atom is -0.319 e. The van der Waals surface area contributed by atoms with Crippen LogP contribution in [0.5, 0.6) is 0 Å². The van der Waals surface area contributed by atoms with Crippen LogP contribution in [0.2, 0.25) is 5.02 Å². The van der Waals surface area contributed by atoms with E-state index in [1.165, 1.54) is 35.6 Å². The number of rotatable bonds is 5. The van der Waals surface area contributed by atoms with Crippen molar-refractivity contribution < 1.29 is 14.0 Å². The quantitative estimate of drug-likeness (QED) is 0.607. The smallest absolute Gasteiger partial charge is 0.319 e. The van der Waals surface area contributed by atoms with Gasteiger partial charge in [0, 0.05) is 16.8 Å². The van der Waals surface area contributed by atoms with Gasteiger partial charge in [0.25, 0.3) is 5.91 Å². The Morgan fingerprint density at radius 1 is 1.14 bits per heavy atom. The summed E-state index contributed by atoms with van der Waals surface area (Å²) < 4.78 is 13.2. The Bertz CT molecular complexity index is 1070. The topological polar surface area (TPSA) is 62.3 Å². The molecule has 0 radical (unpaired) electrons.